The normalized spacial score (nSPS) is 16.1. The third kappa shape index (κ3) is 5.51. The van der Waals surface area contributed by atoms with E-state index in [4.69, 9.17) is 9.47 Å². The number of nitrogens with zero attached hydrogens (tertiary/aromatic N) is 3. The third-order valence-electron chi connectivity index (χ3n) is 7.21. The number of benzene rings is 4. The number of amides is 1. The van der Waals surface area contributed by atoms with Gasteiger partial charge < -0.3 is 14.6 Å². The number of methoxy groups -OCH3 is 1. The molecule has 222 valence electrons. The molecule has 8 nitrogen and oxygen atoms in total. The van der Waals surface area contributed by atoms with Gasteiger partial charge in [0.05, 0.1) is 25.3 Å². The van der Waals surface area contributed by atoms with Crippen molar-refractivity contribution in [3.8, 4) is 11.5 Å². The maximum absolute atomic E-state index is 14.6. The third-order valence-corrected chi connectivity index (χ3v) is 9.31. The Bertz CT molecular complexity index is 1900. The van der Waals surface area contributed by atoms with E-state index in [1.54, 1.807) is 24.3 Å². The monoisotopic (exact) mass is 627 g/mol. The Balaban J connectivity index is 1.37. The topological polar surface area (TPSA) is 102 Å². The van der Waals surface area contributed by atoms with Gasteiger partial charge >= 0.3 is 5.91 Å². The van der Waals surface area contributed by atoms with Crippen molar-refractivity contribution in [3.63, 3.8) is 0 Å². The summed E-state index contributed by atoms with van der Waals surface area (Å²) in [6, 6.07) is 23.9. The fourth-order valence-electron chi connectivity index (χ4n) is 5.14. The zero-order valence-corrected chi connectivity index (χ0v) is 25.3. The molecule has 1 unspecified atom stereocenters. The molecule has 1 saturated heterocycles. The number of carbonyl (C=O) groups is 2. The van der Waals surface area contributed by atoms with Crippen LogP contribution in [0.5, 0.6) is 11.5 Å². The van der Waals surface area contributed by atoms with Gasteiger partial charge in [-0.25, -0.2) is 4.39 Å². The van der Waals surface area contributed by atoms with Gasteiger partial charge in [-0.3, -0.25) is 14.5 Å². The Labute approximate surface area is 260 Å². The van der Waals surface area contributed by atoms with Crippen LogP contribution in [0.25, 0.3) is 16.5 Å². The number of ketones is 1. The Kier molecular flexibility index (Phi) is 8.32. The Morgan fingerprint density at radius 2 is 1.80 bits per heavy atom. The lowest BCUT2D eigenvalue weighted by atomic mass is 9.95. The summed E-state index contributed by atoms with van der Waals surface area (Å²) in [5.74, 6) is -1.82. The van der Waals surface area contributed by atoms with Crippen LogP contribution in [0.3, 0.4) is 0 Å². The highest BCUT2D eigenvalue weighted by Crippen LogP contribution is 2.44. The predicted molar refractivity (Wildman–Crippen MR) is 169 cm³/mol. The van der Waals surface area contributed by atoms with Crippen molar-refractivity contribution in [2.75, 3.05) is 18.6 Å². The zero-order valence-electron chi connectivity index (χ0n) is 23.7. The Hall–Kier alpha value is -4.74. The van der Waals surface area contributed by atoms with Gasteiger partial charge in [-0.15, -0.1) is 10.2 Å². The van der Waals surface area contributed by atoms with Gasteiger partial charge in [0.1, 0.15) is 11.5 Å². The lowest BCUT2D eigenvalue weighted by Crippen LogP contribution is -2.29. The van der Waals surface area contributed by atoms with Crippen LogP contribution in [-0.4, -0.2) is 40.7 Å². The van der Waals surface area contributed by atoms with Crippen LogP contribution < -0.4 is 14.4 Å². The van der Waals surface area contributed by atoms with Gasteiger partial charge in [-0.2, -0.15) is 0 Å². The summed E-state index contributed by atoms with van der Waals surface area (Å²) in [7, 11) is 1.33. The minimum atomic E-state index is -1.04. The standard InChI is InChI=1S/C33H26FN3O5S2/c1-3-42-23-14-11-20(12-15-23)28-27(29(38)21-13-16-26(41-2)25(34)17-21)30(39)31(40)37(28)32-35-36-33(44-32)43-18-22-9-6-8-19-7-4-5-10-24(19)22/h4-17,28,38H,3,18H2,1-2H3/b29-27+. The summed E-state index contributed by atoms with van der Waals surface area (Å²) in [6.07, 6.45) is 0. The number of ether oxygens (including phenoxy) is 2. The Morgan fingerprint density at radius 1 is 1.02 bits per heavy atom. The molecule has 1 fully saturated rings. The number of carbonyl (C=O) groups excluding carboxylic acids is 2. The molecule has 0 spiro atoms. The summed E-state index contributed by atoms with van der Waals surface area (Å²) < 4.78 is 25.7. The first-order valence-corrected chi connectivity index (χ1v) is 15.5. The number of fused-ring (bicyclic) bond motifs is 1. The molecule has 1 aliphatic rings. The molecule has 1 aromatic heterocycles. The van der Waals surface area contributed by atoms with E-state index < -0.39 is 29.3 Å². The molecular formula is C33H26FN3O5S2. The molecule has 6 rings (SSSR count). The van der Waals surface area contributed by atoms with E-state index in [2.05, 4.69) is 34.5 Å². The molecule has 1 amide bonds. The van der Waals surface area contributed by atoms with E-state index in [0.29, 0.717) is 28.0 Å². The molecule has 0 aliphatic carbocycles. The fourth-order valence-corrected chi connectivity index (χ4v) is 7.01. The highest BCUT2D eigenvalue weighted by Gasteiger charge is 2.48. The minimum Gasteiger partial charge on any atom is -0.507 e. The lowest BCUT2D eigenvalue weighted by molar-refractivity contribution is -0.132. The van der Waals surface area contributed by atoms with Gasteiger partial charge in [0.15, 0.2) is 15.9 Å². The average molecular weight is 628 g/mol. The maximum Gasteiger partial charge on any atom is 0.301 e. The molecule has 5 aromatic rings. The molecular weight excluding hydrogens is 602 g/mol. The average Bonchev–Trinajstić information content (AvgIpc) is 3.61. The van der Waals surface area contributed by atoms with E-state index in [0.717, 1.165) is 22.4 Å². The number of aromatic nitrogens is 2. The summed E-state index contributed by atoms with van der Waals surface area (Å²) in [5.41, 5.74) is 1.50. The van der Waals surface area contributed by atoms with E-state index in [-0.39, 0.29) is 22.0 Å². The van der Waals surface area contributed by atoms with Crippen molar-refractivity contribution in [3.05, 3.63) is 113 Å². The largest absolute Gasteiger partial charge is 0.507 e. The van der Waals surface area contributed by atoms with Crippen molar-refractivity contribution in [2.45, 2.75) is 23.1 Å². The first-order valence-electron chi connectivity index (χ1n) is 13.7. The molecule has 2 heterocycles. The molecule has 4 aromatic carbocycles. The molecule has 0 radical (unpaired) electrons. The zero-order chi connectivity index (χ0) is 30.8. The second-order valence-corrected chi connectivity index (χ2v) is 12.0. The van der Waals surface area contributed by atoms with Crippen molar-refractivity contribution >= 4 is 56.5 Å². The van der Waals surface area contributed by atoms with Gasteiger partial charge in [0.2, 0.25) is 5.13 Å². The van der Waals surface area contributed by atoms with E-state index in [1.807, 2.05) is 25.1 Å². The van der Waals surface area contributed by atoms with Crippen LogP contribution in [-0.2, 0) is 15.3 Å². The van der Waals surface area contributed by atoms with Gasteiger partial charge in [0, 0.05) is 11.3 Å². The lowest BCUT2D eigenvalue weighted by Gasteiger charge is -2.22. The van der Waals surface area contributed by atoms with Gasteiger partial charge in [-0.1, -0.05) is 77.7 Å². The molecule has 1 aliphatic heterocycles. The molecule has 11 heteroatoms. The van der Waals surface area contributed by atoms with Crippen LogP contribution in [0, 0.1) is 5.82 Å². The summed E-state index contributed by atoms with van der Waals surface area (Å²) in [5, 5.41) is 22.4. The number of Topliss-reactive ketones (excluding diaryl/α,β-unsaturated/α-hetero) is 1. The smallest absolute Gasteiger partial charge is 0.301 e. The number of thioether (sulfide) groups is 1. The van der Waals surface area contributed by atoms with E-state index >= 15 is 0 Å². The quantitative estimate of drug-likeness (QED) is 0.0604. The van der Waals surface area contributed by atoms with Crippen molar-refractivity contribution in [1.29, 1.82) is 0 Å². The number of halogens is 1. The molecule has 0 saturated carbocycles. The van der Waals surface area contributed by atoms with E-state index in [1.165, 1.54) is 47.2 Å². The van der Waals surface area contributed by atoms with Crippen molar-refractivity contribution < 1.29 is 28.6 Å². The second kappa shape index (κ2) is 12.5. The maximum atomic E-state index is 14.6. The molecule has 0 bridgehead atoms. The summed E-state index contributed by atoms with van der Waals surface area (Å²) in [6.45, 7) is 2.33. The van der Waals surface area contributed by atoms with Crippen LogP contribution in [0.2, 0.25) is 0 Å². The van der Waals surface area contributed by atoms with Crippen LogP contribution in [0.1, 0.15) is 29.7 Å². The summed E-state index contributed by atoms with van der Waals surface area (Å²) in [4.78, 5) is 28.3. The number of hydrogen-bond donors (Lipinski definition) is 1. The van der Waals surface area contributed by atoms with Gasteiger partial charge in [0.25, 0.3) is 5.78 Å². The first-order chi connectivity index (χ1) is 21.4. The highest BCUT2D eigenvalue weighted by atomic mass is 32.2. The number of hydrogen-bond acceptors (Lipinski definition) is 9. The van der Waals surface area contributed by atoms with E-state index in [9.17, 15) is 19.1 Å². The Morgan fingerprint density at radius 3 is 2.55 bits per heavy atom. The predicted octanol–water partition coefficient (Wildman–Crippen LogP) is 7.16. The van der Waals surface area contributed by atoms with Crippen LogP contribution in [0.15, 0.2) is 94.8 Å². The highest BCUT2D eigenvalue weighted by molar-refractivity contribution is 8.00. The number of aliphatic hydroxyl groups excluding tert-OH is 1. The number of rotatable bonds is 9. The first kappa shape index (κ1) is 29.3. The molecule has 1 atom stereocenters. The van der Waals surface area contributed by atoms with Crippen LogP contribution in [0.4, 0.5) is 9.52 Å². The number of aliphatic hydroxyl groups is 1. The summed E-state index contributed by atoms with van der Waals surface area (Å²) >= 11 is 2.65. The number of anilines is 1. The SMILES string of the molecule is CCOc1ccc(C2/C(=C(\O)c3ccc(OC)c(F)c3)C(=O)C(=O)N2c2nnc(SCc3cccc4ccccc34)s2)cc1. The fraction of sp³-hybridized carbons (Fsp3) is 0.152. The van der Waals surface area contributed by atoms with Crippen molar-refractivity contribution in [2.24, 2.45) is 0 Å². The minimum absolute atomic E-state index is 0.0209. The van der Waals surface area contributed by atoms with Gasteiger partial charge in [-0.05, 0) is 59.2 Å². The van der Waals surface area contributed by atoms with Crippen molar-refractivity contribution in [1.82, 2.24) is 10.2 Å². The molecule has 44 heavy (non-hydrogen) atoms. The van der Waals surface area contributed by atoms with Crippen LogP contribution >= 0.6 is 23.1 Å². The second-order valence-electron chi connectivity index (χ2n) is 9.80. The molecule has 1 N–H and O–H groups in total.